The number of allylic oxidation sites excluding steroid dienone is 1. The highest BCUT2D eigenvalue weighted by Gasteiger charge is 2.21. The van der Waals surface area contributed by atoms with Crippen molar-refractivity contribution in [3.8, 4) is 0 Å². The lowest BCUT2D eigenvalue weighted by molar-refractivity contribution is 0.0519. The maximum Gasteiger partial charge on any atom is 0.355 e. The standard InChI is InChI=1S/C16H17NO3S/c1-4-20-16(19)15-10(2)14(11(3)17-15)13(18)8-7-12-6-5-9-21-12/h5-9,17H,4H2,1-3H3/b8-7+. The highest BCUT2D eigenvalue weighted by molar-refractivity contribution is 7.10. The topological polar surface area (TPSA) is 59.2 Å². The van der Waals surface area contributed by atoms with E-state index in [1.165, 1.54) is 6.08 Å². The van der Waals surface area contributed by atoms with E-state index in [-0.39, 0.29) is 5.78 Å². The number of nitrogens with one attached hydrogen (secondary N) is 1. The predicted octanol–water partition coefficient (Wildman–Crippen LogP) is 3.77. The molecule has 0 bridgehead atoms. The fourth-order valence-electron chi connectivity index (χ4n) is 2.15. The second-order valence-corrected chi connectivity index (χ2v) is 5.54. The minimum absolute atomic E-state index is 0.120. The lowest BCUT2D eigenvalue weighted by Crippen LogP contribution is -2.07. The molecule has 0 aliphatic carbocycles. The van der Waals surface area contributed by atoms with Gasteiger partial charge < -0.3 is 9.72 Å². The zero-order valence-electron chi connectivity index (χ0n) is 12.2. The fourth-order valence-corrected chi connectivity index (χ4v) is 2.77. The Labute approximate surface area is 127 Å². The van der Waals surface area contributed by atoms with Gasteiger partial charge in [0.25, 0.3) is 0 Å². The number of aromatic nitrogens is 1. The number of rotatable bonds is 5. The number of H-pyrrole nitrogens is 1. The molecule has 0 aliphatic heterocycles. The van der Waals surface area contributed by atoms with Crippen molar-refractivity contribution >= 4 is 29.2 Å². The molecule has 21 heavy (non-hydrogen) atoms. The second kappa shape index (κ2) is 6.54. The van der Waals surface area contributed by atoms with Crippen LogP contribution in [0.2, 0.25) is 0 Å². The maximum absolute atomic E-state index is 12.3. The molecule has 0 aromatic carbocycles. The first-order valence-corrected chi connectivity index (χ1v) is 7.54. The maximum atomic E-state index is 12.3. The second-order valence-electron chi connectivity index (χ2n) is 4.56. The van der Waals surface area contributed by atoms with Gasteiger partial charge in [0, 0.05) is 16.1 Å². The largest absolute Gasteiger partial charge is 0.461 e. The van der Waals surface area contributed by atoms with Gasteiger partial charge in [-0.15, -0.1) is 11.3 Å². The van der Waals surface area contributed by atoms with Crippen LogP contribution >= 0.6 is 11.3 Å². The van der Waals surface area contributed by atoms with Crippen LogP contribution in [-0.4, -0.2) is 23.3 Å². The molecule has 0 amide bonds. The predicted molar refractivity (Wildman–Crippen MR) is 83.9 cm³/mol. The number of esters is 1. The first-order chi connectivity index (χ1) is 10.0. The molecule has 4 nitrogen and oxygen atoms in total. The SMILES string of the molecule is CCOC(=O)c1[nH]c(C)c(C(=O)/C=C/c2cccs2)c1C. The summed E-state index contributed by atoms with van der Waals surface area (Å²) in [5.41, 5.74) is 2.19. The van der Waals surface area contributed by atoms with Gasteiger partial charge in [0.15, 0.2) is 5.78 Å². The van der Waals surface area contributed by atoms with E-state index in [0.29, 0.717) is 29.1 Å². The Hall–Kier alpha value is -2.14. The van der Waals surface area contributed by atoms with Gasteiger partial charge in [0.05, 0.1) is 6.61 Å². The highest BCUT2D eigenvalue weighted by atomic mass is 32.1. The number of carbonyl (C=O) groups is 2. The van der Waals surface area contributed by atoms with Gasteiger partial charge in [-0.1, -0.05) is 6.07 Å². The summed E-state index contributed by atoms with van der Waals surface area (Å²) in [6.45, 7) is 5.58. The van der Waals surface area contributed by atoms with Crippen molar-refractivity contribution in [2.24, 2.45) is 0 Å². The molecule has 5 heteroatoms. The van der Waals surface area contributed by atoms with E-state index in [1.807, 2.05) is 17.5 Å². The summed E-state index contributed by atoms with van der Waals surface area (Å²) < 4.78 is 4.98. The van der Waals surface area contributed by atoms with Crippen LogP contribution in [-0.2, 0) is 4.74 Å². The van der Waals surface area contributed by atoms with Gasteiger partial charge >= 0.3 is 5.97 Å². The molecule has 2 rings (SSSR count). The highest BCUT2D eigenvalue weighted by Crippen LogP contribution is 2.20. The number of ketones is 1. The summed E-state index contributed by atoms with van der Waals surface area (Å²) in [6.07, 6.45) is 3.31. The molecular weight excluding hydrogens is 286 g/mol. The van der Waals surface area contributed by atoms with E-state index < -0.39 is 5.97 Å². The summed E-state index contributed by atoms with van der Waals surface area (Å²) in [6, 6.07) is 3.87. The van der Waals surface area contributed by atoms with Crippen molar-refractivity contribution in [2.75, 3.05) is 6.61 Å². The molecule has 0 saturated carbocycles. The average molecular weight is 303 g/mol. The Morgan fingerprint density at radius 2 is 2.14 bits per heavy atom. The molecule has 0 fully saturated rings. The van der Waals surface area contributed by atoms with Crippen LogP contribution in [0.15, 0.2) is 23.6 Å². The van der Waals surface area contributed by atoms with Crippen LogP contribution in [0.25, 0.3) is 6.08 Å². The quantitative estimate of drug-likeness (QED) is 0.519. The first kappa shape index (κ1) is 15.3. The number of thiophene rings is 1. The minimum Gasteiger partial charge on any atom is -0.461 e. The van der Waals surface area contributed by atoms with Crippen molar-refractivity contribution in [3.05, 3.63) is 51.0 Å². The molecule has 0 spiro atoms. The van der Waals surface area contributed by atoms with Crippen LogP contribution in [0, 0.1) is 13.8 Å². The van der Waals surface area contributed by atoms with Gasteiger partial charge in [-0.25, -0.2) is 4.79 Å². The van der Waals surface area contributed by atoms with E-state index in [1.54, 1.807) is 38.2 Å². The number of aromatic amines is 1. The van der Waals surface area contributed by atoms with Gasteiger partial charge in [0.1, 0.15) is 5.69 Å². The molecule has 2 aromatic rings. The third kappa shape index (κ3) is 3.31. The molecule has 0 radical (unpaired) electrons. The zero-order valence-corrected chi connectivity index (χ0v) is 13.0. The lowest BCUT2D eigenvalue weighted by Gasteiger charge is -2.00. The minimum atomic E-state index is -0.431. The van der Waals surface area contributed by atoms with Gasteiger partial charge in [-0.2, -0.15) is 0 Å². The Morgan fingerprint density at radius 1 is 1.38 bits per heavy atom. The third-order valence-corrected chi connectivity index (χ3v) is 3.94. The molecule has 0 aliphatic rings. The number of carbonyl (C=O) groups excluding carboxylic acids is 2. The van der Waals surface area contributed by atoms with Gasteiger partial charge in [0.2, 0.25) is 0 Å². The Kier molecular flexibility index (Phi) is 4.75. The summed E-state index contributed by atoms with van der Waals surface area (Å²) in [4.78, 5) is 28.1. The van der Waals surface area contributed by atoms with Crippen molar-refractivity contribution in [3.63, 3.8) is 0 Å². The summed E-state index contributed by atoms with van der Waals surface area (Å²) >= 11 is 1.56. The van der Waals surface area contributed by atoms with Crippen LogP contribution in [0.3, 0.4) is 0 Å². The average Bonchev–Trinajstić information content (AvgIpc) is 3.05. The molecule has 1 N–H and O–H groups in total. The van der Waals surface area contributed by atoms with Crippen LogP contribution in [0.1, 0.15) is 43.9 Å². The lowest BCUT2D eigenvalue weighted by atomic mass is 10.1. The third-order valence-electron chi connectivity index (χ3n) is 3.11. The molecule has 0 saturated heterocycles. The van der Waals surface area contributed by atoms with Crippen molar-refractivity contribution in [1.29, 1.82) is 0 Å². The Morgan fingerprint density at radius 3 is 2.76 bits per heavy atom. The van der Waals surface area contributed by atoms with Crippen molar-refractivity contribution in [2.45, 2.75) is 20.8 Å². The van der Waals surface area contributed by atoms with E-state index in [2.05, 4.69) is 4.98 Å². The molecular formula is C16H17NO3S. The summed E-state index contributed by atoms with van der Waals surface area (Å²) in [5, 5.41) is 1.95. The molecule has 2 aromatic heterocycles. The number of hydrogen-bond donors (Lipinski definition) is 1. The fraction of sp³-hybridized carbons (Fsp3) is 0.250. The van der Waals surface area contributed by atoms with E-state index in [4.69, 9.17) is 4.74 Å². The van der Waals surface area contributed by atoms with Crippen LogP contribution in [0.5, 0.6) is 0 Å². The van der Waals surface area contributed by atoms with Gasteiger partial charge in [-0.3, -0.25) is 4.79 Å². The normalized spacial score (nSPS) is 11.0. The van der Waals surface area contributed by atoms with Crippen molar-refractivity contribution < 1.29 is 14.3 Å². The zero-order chi connectivity index (χ0) is 15.4. The Balaban J connectivity index is 2.27. The number of hydrogen-bond acceptors (Lipinski definition) is 4. The van der Waals surface area contributed by atoms with Crippen LogP contribution in [0.4, 0.5) is 0 Å². The first-order valence-electron chi connectivity index (χ1n) is 6.66. The molecule has 110 valence electrons. The molecule has 2 heterocycles. The summed E-state index contributed by atoms with van der Waals surface area (Å²) in [7, 11) is 0. The molecule has 0 unspecified atom stereocenters. The van der Waals surface area contributed by atoms with Gasteiger partial charge in [-0.05, 0) is 49.9 Å². The molecule has 0 atom stereocenters. The number of ether oxygens (including phenoxy) is 1. The van der Waals surface area contributed by atoms with E-state index in [0.717, 1.165) is 4.88 Å². The van der Waals surface area contributed by atoms with Crippen molar-refractivity contribution in [1.82, 2.24) is 4.98 Å². The monoisotopic (exact) mass is 303 g/mol. The van der Waals surface area contributed by atoms with Crippen LogP contribution < -0.4 is 0 Å². The number of aryl methyl sites for hydroxylation is 1. The van der Waals surface area contributed by atoms with E-state index >= 15 is 0 Å². The Bertz CT molecular complexity index is 681. The summed E-state index contributed by atoms with van der Waals surface area (Å²) in [5.74, 6) is -0.551. The van der Waals surface area contributed by atoms with E-state index in [9.17, 15) is 9.59 Å². The smallest absolute Gasteiger partial charge is 0.355 e.